The number of nitrogens with zero attached hydrogens (tertiary/aromatic N) is 2. The SMILES string of the molecule is Cc1cccc(C(=O)N2CC[C@H](OC(=O)C(F)(F)F)C2)c1OC[C@@H](O)CN1CCC2(CC1)Cc1cc(Cl)ccc1O2. The highest BCUT2D eigenvalue weighted by atomic mass is 35.5. The summed E-state index contributed by atoms with van der Waals surface area (Å²) in [6.45, 7) is 3.62. The van der Waals surface area contributed by atoms with E-state index in [0.29, 0.717) is 22.9 Å². The Labute approximate surface area is 240 Å². The lowest BCUT2D eigenvalue weighted by atomic mass is 9.87. The standard InChI is InChI=1S/C29H32ClF3N2O6/c1-18-3-2-4-23(26(37)35-10-7-22(16-35)40-27(38)29(31,32)33)25(18)39-17-21(36)15-34-11-8-28(9-12-34)14-19-13-20(30)5-6-24(19)41-28/h2-6,13,21-22,36H,7-12,14-17H2,1H3/t21-,22-/m0/s1. The number of aliphatic hydroxyl groups excluding tert-OH is 1. The van der Waals surface area contributed by atoms with Gasteiger partial charge in [-0.05, 0) is 42.3 Å². The van der Waals surface area contributed by atoms with Crippen LogP contribution < -0.4 is 9.47 Å². The Morgan fingerprint density at radius 3 is 2.68 bits per heavy atom. The molecule has 0 aliphatic carbocycles. The molecule has 12 heteroatoms. The van der Waals surface area contributed by atoms with E-state index in [1.54, 1.807) is 25.1 Å². The van der Waals surface area contributed by atoms with Crippen LogP contribution in [0.2, 0.25) is 5.02 Å². The van der Waals surface area contributed by atoms with Gasteiger partial charge in [-0.3, -0.25) is 4.79 Å². The third kappa shape index (κ3) is 6.73. The maximum Gasteiger partial charge on any atom is 0.490 e. The number of aryl methyl sites for hydroxylation is 1. The molecular weight excluding hydrogens is 565 g/mol. The number of carbonyl (C=O) groups excluding carboxylic acids is 2. The van der Waals surface area contributed by atoms with Crippen molar-refractivity contribution in [2.45, 2.75) is 56.6 Å². The van der Waals surface area contributed by atoms with E-state index in [1.807, 2.05) is 18.2 Å². The number of fused-ring (bicyclic) bond motifs is 1. The van der Waals surface area contributed by atoms with E-state index in [4.69, 9.17) is 21.1 Å². The van der Waals surface area contributed by atoms with Gasteiger partial charge in [0.15, 0.2) is 0 Å². The van der Waals surface area contributed by atoms with Gasteiger partial charge < -0.3 is 29.1 Å². The van der Waals surface area contributed by atoms with Crippen molar-refractivity contribution in [2.24, 2.45) is 0 Å². The van der Waals surface area contributed by atoms with E-state index in [-0.39, 0.29) is 37.3 Å². The van der Waals surface area contributed by atoms with E-state index in [0.717, 1.165) is 43.7 Å². The predicted octanol–water partition coefficient (Wildman–Crippen LogP) is 4.18. The number of amides is 1. The van der Waals surface area contributed by atoms with Crippen molar-refractivity contribution < 1.29 is 42.1 Å². The Hall–Kier alpha value is -3.02. The molecule has 222 valence electrons. The summed E-state index contributed by atoms with van der Waals surface area (Å²) in [5.74, 6) is -1.52. The predicted molar refractivity (Wildman–Crippen MR) is 143 cm³/mol. The number of para-hydroxylation sites is 1. The van der Waals surface area contributed by atoms with Gasteiger partial charge in [-0.1, -0.05) is 23.7 Å². The lowest BCUT2D eigenvalue weighted by Crippen LogP contribution is -2.49. The van der Waals surface area contributed by atoms with E-state index in [1.165, 1.54) is 4.90 Å². The number of β-amino-alcohol motifs (C(OH)–C–C–N with tert-alkyl or cyclic N) is 1. The molecule has 2 fully saturated rings. The molecular formula is C29H32ClF3N2O6. The zero-order valence-electron chi connectivity index (χ0n) is 22.6. The Bertz CT molecular complexity index is 1300. The van der Waals surface area contributed by atoms with Crippen molar-refractivity contribution in [1.29, 1.82) is 0 Å². The number of alkyl halides is 3. The molecule has 2 saturated heterocycles. The highest BCUT2D eigenvalue weighted by Gasteiger charge is 2.44. The van der Waals surface area contributed by atoms with E-state index < -0.39 is 30.3 Å². The number of likely N-dealkylation sites (tertiary alicyclic amines) is 2. The van der Waals surface area contributed by atoms with Gasteiger partial charge in [0, 0.05) is 56.9 Å². The van der Waals surface area contributed by atoms with Crippen LogP contribution in [0.1, 0.15) is 40.7 Å². The fourth-order valence-corrected chi connectivity index (χ4v) is 5.96. The summed E-state index contributed by atoms with van der Waals surface area (Å²) >= 11 is 6.14. The molecule has 2 atom stereocenters. The number of aliphatic hydroxyl groups is 1. The number of hydrogen-bond donors (Lipinski definition) is 1. The summed E-state index contributed by atoms with van der Waals surface area (Å²) in [7, 11) is 0. The average Bonchev–Trinajstić information content (AvgIpc) is 3.52. The zero-order valence-corrected chi connectivity index (χ0v) is 23.3. The Morgan fingerprint density at radius 2 is 1.95 bits per heavy atom. The number of rotatable bonds is 7. The first-order valence-corrected chi connectivity index (χ1v) is 14.0. The summed E-state index contributed by atoms with van der Waals surface area (Å²) < 4.78 is 54.4. The van der Waals surface area contributed by atoms with E-state index >= 15 is 0 Å². The van der Waals surface area contributed by atoms with Crippen molar-refractivity contribution in [3.63, 3.8) is 0 Å². The topological polar surface area (TPSA) is 88.5 Å². The number of piperidine rings is 1. The molecule has 1 spiro atoms. The van der Waals surface area contributed by atoms with Gasteiger partial charge >= 0.3 is 12.1 Å². The van der Waals surface area contributed by atoms with Crippen LogP contribution in [0.4, 0.5) is 13.2 Å². The van der Waals surface area contributed by atoms with Crippen molar-refractivity contribution in [3.05, 3.63) is 58.1 Å². The molecule has 0 radical (unpaired) electrons. The van der Waals surface area contributed by atoms with Crippen LogP contribution >= 0.6 is 11.6 Å². The third-order valence-electron chi connectivity index (χ3n) is 7.90. The Kier molecular flexibility index (Phi) is 8.41. The van der Waals surface area contributed by atoms with E-state index in [2.05, 4.69) is 9.64 Å². The number of hydrogen-bond acceptors (Lipinski definition) is 7. The molecule has 0 aromatic heterocycles. The second-order valence-corrected chi connectivity index (χ2v) is 11.4. The van der Waals surface area contributed by atoms with Crippen molar-refractivity contribution >= 4 is 23.5 Å². The molecule has 41 heavy (non-hydrogen) atoms. The molecule has 3 aliphatic heterocycles. The second kappa shape index (κ2) is 11.7. The van der Waals surface area contributed by atoms with Gasteiger partial charge in [0.1, 0.15) is 35.9 Å². The van der Waals surface area contributed by atoms with Crippen LogP contribution in [0.3, 0.4) is 0 Å². The van der Waals surface area contributed by atoms with Gasteiger partial charge in [0.05, 0.1) is 12.1 Å². The maximum absolute atomic E-state index is 13.2. The molecule has 3 heterocycles. The number of carbonyl (C=O) groups is 2. The number of benzene rings is 2. The van der Waals surface area contributed by atoms with Crippen molar-refractivity contribution in [2.75, 3.05) is 39.3 Å². The van der Waals surface area contributed by atoms with Crippen LogP contribution in [0.15, 0.2) is 36.4 Å². The molecule has 0 unspecified atom stereocenters. The first kappa shape index (κ1) is 29.5. The average molecular weight is 597 g/mol. The fourth-order valence-electron chi connectivity index (χ4n) is 5.76. The lowest BCUT2D eigenvalue weighted by Gasteiger charge is -2.39. The highest BCUT2D eigenvalue weighted by Crippen LogP contribution is 2.42. The van der Waals surface area contributed by atoms with Crippen molar-refractivity contribution in [1.82, 2.24) is 9.80 Å². The van der Waals surface area contributed by atoms with Crippen LogP contribution in [0, 0.1) is 6.92 Å². The zero-order chi connectivity index (χ0) is 29.4. The largest absolute Gasteiger partial charge is 0.490 e. The van der Waals surface area contributed by atoms with Gasteiger partial charge in [-0.25, -0.2) is 4.79 Å². The highest BCUT2D eigenvalue weighted by molar-refractivity contribution is 6.30. The quantitative estimate of drug-likeness (QED) is 0.480. The molecule has 0 bridgehead atoms. The summed E-state index contributed by atoms with van der Waals surface area (Å²) in [5.41, 5.74) is 1.79. The first-order chi connectivity index (χ1) is 19.4. The third-order valence-corrected chi connectivity index (χ3v) is 8.13. The van der Waals surface area contributed by atoms with Crippen LogP contribution in [0.25, 0.3) is 0 Å². The van der Waals surface area contributed by atoms with Gasteiger partial charge in [-0.15, -0.1) is 0 Å². The van der Waals surface area contributed by atoms with Crippen molar-refractivity contribution in [3.8, 4) is 11.5 Å². The maximum atomic E-state index is 13.2. The van der Waals surface area contributed by atoms with E-state index in [9.17, 15) is 27.9 Å². The summed E-state index contributed by atoms with van der Waals surface area (Å²) in [4.78, 5) is 27.9. The van der Waals surface area contributed by atoms with Gasteiger partial charge in [0.2, 0.25) is 0 Å². The minimum atomic E-state index is -5.09. The molecule has 5 rings (SSSR count). The number of esters is 1. The second-order valence-electron chi connectivity index (χ2n) is 11.0. The van der Waals surface area contributed by atoms with Crippen LogP contribution in [0.5, 0.6) is 11.5 Å². The van der Waals surface area contributed by atoms with Gasteiger partial charge in [-0.2, -0.15) is 13.2 Å². The molecule has 2 aromatic rings. The number of halogens is 4. The Morgan fingerprint density at radius 1 is 1.20 bits per heavy atom. The number of ether oxygens (including phenoxy) is 3. The summed E-state index contributed by atoms with van der Waals surface area (Å²) in [5, 5.41) is 11.5. The normalized spacial score (nSPS) is 20.9. The smallest absolute Gasteiger partial charge is 0.490 e. The van der Waals surface area contributed by atoms with Crippen LogP contribution in [-0.2, 0) is 16.0 Å². The van der Waals surface area contributed by atoms with Crippen LogP contribution in [-0.4, -0.2) is 90.1 Å². The lowest BCUT2D eigenvalue weighted by molar-refractivity contribution is -0.204. The molecule has 0 saturated carbocycles. The molecule has 3 aliphatic rings. The summed E-state index contributed by atoms with van der Waals surface area (Å²) in [6.07, 6.45) is -4.38. The molecule has 1 N–H and O–H groups in total. The minimum Gasteiger partial charge on any atom is -0.490 e. The van der Waals surface area contributed by atoms with Gasteiger partial charge in [0.25, 0.3) is 5.91 Å². The summed E-state index contributed by atoms with van der Waals surface area (Å²) in [6, 6.07) is 10.7. The molecule has 1 amide bonds. The molecule has 2 aromatic carbocycles. The minimum absolute atomic E-state index is 0.0426. The fraction of sp³-hybridized carbons (Fsp3) is 0.517. The molecule has 8 nitrogen and oxygen atoms in total. The first-order valence-electron chi connectivity index (χ1n) is 13.6. The Balaban J connectivity index is 1.12. The monoisotopic (exact) mass is 596 g/mol.